The fourth-order valence-electron chi connectivity index (χ4n) is 1.68. The molecule has 1 aromatic carbocycles. The van der Waals surface area contributed by atoms with Crippen LogP contribution in [0.3, 0.4) is 0 Å². The molecule has 0 heterocycles. The number of nitrogens with zero attached hydrogens (tertiary/aromatic N) is 1. The van der Waals surface area contributed by atoms with Crippen molar-refractivity contribution in [2.45, 2.75) is 32.2 Å². The molecule has 0 aliphatic rings. The van der Waals surface area contributed by atoms with Crippen LogP contribution in [0.4, 0.5) is 14.9 Å². The maximum absolute atomic E-state index is 13.1. The second-order valence-corrected chi connectivity index (χ2v) is 4.44. The van der Waals surface area contributed by atoms with E-state index in [0.717, 1.165) is 12.5 Å². The van der Waals surface area contributed by atoms with E-state index in [4.69, 9.17) is 10.4 Å². The van der Waals surface area contributed by atoms with Gasteiger partial charge in [-0.25, -0.2) is 14.0 Å². The molecule has 1 atom stereocenters. The van der Waals surface area contributed by atoms with Gasteiger partial charge in [0.25, 0.3) is 0 Å². The number of halogens is 1. The first-order chi connectivity index (χ1) is 9.97. The van der Waals surface area contributed by atoms with Crippen molar-refractivity contribution < 1.29 is 19.1 Å². The average molecular weight is 293 g/mol. The van der Waals surface area contributed by atoms with Crippen molar-refractivity contribution in [2.24, 2.45) is 0 Å². The Balaban J connectivity index is 2.68. The number of urea groups is 1. The number of nitriles is 1. The van der Waals surface area contributed by atoms with Crippen LogP contribution < -0.4 is 10.6 Å². The van der Waals surface area contributed by atoms with Crippen molar-refractivity contribution in [1.29, 1.82) is 5.26 Å². The third-order valence-electron chi connectivity index (χ3n) is 2.79. The summed E-state index contributed by atoms with van der Waals surface area (Å²) in [7, 11) is 0. The minimum Gasteiger partial charge on any atom is -0.480 e. The third-order valence-corrected chi connectivity index (χ3v) is 2.79. The lowest BCUT2D eigenvalue weighted by Crippen LogP contribution is -2.42. The number of benzene rings is 1. The van der Waals surface area contributed by atoms with Crippen LogP contribution in [0.5, 0.6) is 0 Å². The van der Waals surface area contributed by atoms with Gasteiger partial charge in [0.05, 0.1) is 5.56 Å². The lowest BCUT2D eigenvalue weighted by atomic mass is 10.1. The Hall–Kier alpha value is -2.62. The molecular weight excluding hydrogens is 277 g/mol. The Kier molecular flexibility index (Phi) is 6.14. The van der Waals surface area contributed by atoms with Gasteiger partial charge in [-0.05, 0) is 24.6 Å². The molecule has 0 aromatic heterocycles. The minimum atomic E-state index is -1.12. The largest absolute Gasteiger partial charge is 0.480 e. The van der Waals surface area contributed by atoms with Crippen LogP contribution in [-0.2, 0) is 4.79 Å². The molecule has 3 N–H and O–H groups in total. The number of amides is 2. The second-order valence-electron chi connectivity index (χ2n) is 4.44. The maximum atomic E-state index is 13.1. The Morgan fingerprint density at radius 1 is 1.48 bits per heavy atom. The van der Waals surface area contributed by atoms with Gasteiger partial charge in [0.1, 0.15) is 17.9 Å². The SMILES string of the molecule is CCCC[C@H](NC(=O)Nc1ccc(F)c(C#N)c1)C(=O)O. The summed E-state index contributed by atoms with van der Waals surface area (Å²) < 4.78 is 13.1. The molecule has 6 nitrogen and oxygen atoms in total. The van der Waals surface area contributed by atoms with Crippen molar-refractivity contribution in [1.82, 2.24) is 5.32 Å². The van der Waals surface area contributed by atoms with Crippen molar-refractivity contribution >= 4 is 17.7 Å². The van der Waals surface area contributed by atoms with Gasteiger partial charge in [-0.1, -0.05) is 19.8 Å². The molecule has 0 spiro atoms. The molecule has 7 heteroatoms. The normalized spacial score (nSPS) is 11.3. The van der Waals surface area contributed by atoms with E-state index in [1.807, 2.05) is 6.92 Å². The molecule has 21 heavy (non-hydrogen) atoms. The highest BCUT2D eigenvalue weighted by molar-refractivity contribution is 5.92. The summed E-state index contributed by atoms with van der Waals surface area (Å²) in [4.78, 5) is 22.7. The van der Waals surface area contributed by atoms with Crippen LogP contribution in [0.15, 0.2) is 18.2 Å². The summed E-state index contributed by atoms with van der Waals surface area (Å²) >= 11 is 0. The van der Waals surface area contributed by atoms with Crippen molar-refractivity contribution in [3.63, 3.8) is 0 Å². The molecular formula is C14H16FN3O3. The first-order valence-corrected chi connectivity index (χ1v) is 6.48. The number of carboxylic acids is 1. The standard InChI is InChI=1S/C14H16FN3O3/c1-2-3-4-12(13(19)20)18-14(21)17-10-5-6-11(15)9(7-10)8-16/h5-7,12H,2-4H2,1H3,(H,19,20)(H2,17,18,21)/t12-/m0/s1. The van der Waals surface area contributed by atoms with Gasteiger partial charge < -0.3 is 15.7 Å². The fourth-order valence-corrected chi connectivity index (χ4v) is 1.68. The zero-order valence-corrected chi connectivity index (χ0v) is 11.5. The Morgan fingerprint density at radius 3 is 2.76 bits per heavy atom. The zero-order valence-electron chi connectivity index (χ0n) is 11.5. The van der Waals surface area contributed by atoms with Crippen LogP contribution in [0, 0.1) is 17.1 Å². The molecule has 1 rings (SSSR count). The Bertz CT molecular complexity index is 569. The number of hydrogen-bond acceptors (Lipinski definition) is 3. The molecule has 0 aliphatic heterocycles. The Labute approximate surface area is 121 Å². The molecule has 0 bridgehead atoms. The topological polar surface area (TPSA) is 102 Å². The van der Waals surface area contributed by atoms with Crippen LogP contribution >= 0.6 is 0 Å². The number of hydrogen-bond donors (Lipinski definition) is 3. The summed E-state index contributed by atoms with van der Waals surface area (Å²) in [6, 6.07) is 3.48. The highest BCUT2D eigenvalue weighted by Gasteiger charge is 2.19. The van der Waals surface area contributed by atoms with Crippen molar-refractivity contribution in [2.75, 3.05) is 5.32 Å². The number of carbonyl (C=O) groups is 2. The number of unbranched alkanes of at least 4 members (excludes halogenated alkanes) is 1. The van der Waals surface area contributed by atoms with Gasteiger partial charge in [0.2, 0.25) is 0 Å². The van der Waals surface area contributed by atoms with Crippen LogP contribution in [0.1, 0.15) is 31.7 Å². The van der Waals surface area contributed by atoms with Crippen molar-refractivity contribution in [3.8, 4) is 6.07 Å². The predicted molar refractivity (Wildman–Crippen MR) is 74.2 cm³/mol. The van der Waals surface area contributed by atoms with E-state index in [-0.39, 0.29) is 11.3 Å². The lowest BCUT2D eigenvalue weighted by molar-refractivity contribution is -0.139. The van der Waals surface area contributed by atoms with Gasteiger partial charge in [-0.15, -0.1) is 0 Å². The fraction of sp³-hybridized carbons (Fsp3) is 0.357. The summed E-state index contributed by atoms with van der Waals surface area (Å²) in [6.45, 7) is 1.92. The molecule has 1 aromatic rings. The van der Waals surface area contributed by atoms with E-state index >= 15 is 0 Å². The number of anilines is 1. The molecule has 2 amide bonds. The number of nitrogens with one attached hydrogen (secondary N) is 2. The van der Waals surface area contributed by atoms with Gasteiger partial charge >= 0.3 is 12.0 Å². The minimum absolute atomic E-state index is 0.200. The highest BCUT2D eigenvalue weighted by atomic mass is 19.1. The molecule has 0 fully saturated rings. The molecule has 0 radical (unpaired) electrons. The Morgan fingerprint density at radius 2 is 2.19 bits per heavy atom. The van der Waals surface area contributed by atoms with Gasteiger partial charge in [-0.2, -0.15) is 5.26 Å². The molecule has 0 unspecified atom stereocenters. The molecule has 0 aliphatic carbocycles. The van der Waals surface area contributed by atoms with E-state index in [1.54, 1.807) is 6.07 Å². The first kappa shape index (κ1) is 16.4. The average Bonchev–Trinajstić information content (AvgIpc) is 2.45. The summed E-state index contributed by atoms with van der Waals surface area (Å²) in [5, 5.41) is 22.4. The summed E-state index contributed by atoms with van der Waals surface area (Å²) in [6.07, 6.45) is 1.81. The van der Waals surface area contributed by atoms with Crippen molar-refractivity contribution in [3.05, 3.63) is 29.6 Å². The van der Waals surface area contributed by atoms with Crippen LogP contribution in [0.25, 0.3) is 0 Å². The van der Waals surface area contributed by atoms with Gasteiger partial charge in [-0.3, -0.25) is 0 Å². The van der Waals surface area contributed by atoms with E-state index in [0.29, 0.717) is 12.8 Å². The predicted octanol–water partition coefficient (Wildman–Crippen LogP) is 2.46. The molecule has 0 saturated heterocycles. The van der Waals surface area contributed by atoms with E-state index in [9.17, 15) is 14.0 Å². The number of aliphatic carboxylic acids is 1. The maximum Gasteiger partial charge on any atom is 0.326 e. The lowest BCUT2D eigenvalue weighted by Gasteiger charge is -2.14. The second kappa shape index (κ2) is 7.85. The van der Waals surface area contributed by atoms with E-state index in [1.165, 1.54) is 12.1 Å². The zero-order chi connectivity index (χ0) is 15.8. The number of carbonyl (C=O) groups excluding carboxylic acids is 1. The first-order valence-electron chi connectivity index (χ1n) is 6.48. The van der Waals surface area contributed by atoms with Crippen LogP contribution in [-0.4, -0.2) is 23.1 Å². The van der Waals surface area contributed by atoms with E-state index in [2.05, 4.69) is 10.6 Å². The summed E-state index contributed by atoms with van der Waals surface area (Å²) in [5.74, 6) is -1.80. The monoisotopic (exact) mass is 293 g/mol. The highest BCUT2D eigenvalue weighted by Crippen LogP contribution is 2.13. The quantitative estimate of drug-likeness (QED) is 0.749. The van der Waals surface area contributed by atoms with Gasteiger partial charge in [0.15, 0.2) is 0 Å². The van der Waals surface area contributed by atoms with E-state index < -0.39 is 23.9 Å². The third kappa shape index (κ3) is 5.10. The van der Waals surface area contributed by atoms with Gasteiger partial charge in [0, 0.05) is 5.69 Å². The number of rotatable bonds is 6. The number of carboxylic acid groups (broad SMARTS) is 1. The molecule has 0 saturated carbocycles. The van der Waals surface area contributed by atoms with Crippen LogP contribution in [0.2, 0.25) is 0 Å². The summed E-state index contributed by atoms with van der Waals surface area (Å²) in [5.41, 5.74) is 0.0126. The molecule has 112 valence electrons. The smallest absolute Gasteiger partial charge is 0.326 e.